The van der Waals surface area contributed by atoms with Crippen LogP contribution in [0.3, 0.4) is 0 Å². The normalized spacial score (nSPS) is 23.5. The minimum Gasteiger partial charge on any atom is -0.497 e. The lowest BCUT2D eigenvalue weighted by Crippen LogP contribution is -2.41. The Morgan fingerprint density at radius 3 is 2.64 bits per heavy atom. The smallest absolute Gasteiger partial charge is 0.275 e. The molecular weight excluding hydrogens is 520 g/mol. The van der Waals surface area contributed by atoms with Gasteiger partial charge in [-0.3, -0.25) is 9.69 Å². The molecule has 4 heterocycles. The molecule has 4 aliphatic rings. The molecule has 1 aromatic heterocycles. The van der Waals surface area contributed by atoms with E-state index < -0.39 is 9.84 Å². The summed E-state index contributed by atoms with van der Waals surface area (Å²) in [6.07, 6.45) is 0.872. The minimum absolute atomic E-state index is 0.0308. The second-order valence-electron chi connectivity index (χ2n) is 10.5. The van der Waals surface area contributed by atoms with Gasteiger partial charge in [0, 0.05) is 37.3 Å². The molecule has 3 aliphatic heterocycles. The van der Waals surface area contributed by atoms with Gasteiger partial charge in [-0.15, -0.1) is 0 Å². The maximum absolute atomic E-state index is 13.8. The standard InChI is InChI=1S/C28H30N4O6S/c1-36-20-6-7-21-25(14-20)39(34,35)17-22-26(28(33)31-10-13-38-24-15-23(24)31)29-32(27(21)22)19-4-2-18(3-5-19)16-30-8-11-37-12-9-30/h2-7,14,23-24H,8-13,15-17H2,1H3/t23-,24+/m0/s1. The van der Waals surface area contributed by atoms with Crippen LogP contribution in [0.4, 0.5) is 0 Å². The van der Waals surface area contributed by atoms with Gasteiger partial charge >= 0.3 is 0 Å². The van der Waals surface area contributed by atoms with Gasteiger partial charge in [-0.2, -0.15) is 5.10 Å². The lowest BCUT2D eigenvalue weighted by atomic mass is 10.0. The highest BCUT2D eigenvalue weighted by atomic mass is 32.2. The molecule has 1 saturated carbocycles. The average Bonchev–Trinajstić information content (AvgIpc) is 3.67. The summed E-state index contributed by atoms with van der Waals surface area (Å²) < 4.78 is 45.1. The molecule has 2 aromatic carbocycles. The molecule has 0 bridgehead atoms. The number of methoxy groups -OCH3 is 1. The lowest BCUT2D eigenvalue weighted by Gasteiger charge is -2.26. The Labute approximate surface area is 227 Å². The number of carbonyl (C=O) groups is 1. The largest absolute Gasteiger partial charge is 0.497 e. The highest BCUT2D eigenvalue weighted by Crippen LogP contribution is 2.43. The van der Waals surface area contributed by atoms with E-state index >= 15 is 0 Å². The van der Waals surface area contributed by atoms with Crippen molar-refractivity contribution in [3.05, 3.63) is 59.3 Å². The lowest BCUT2D eigenvalue weighted by molar-refractivity contribution is 0.0258. The van der Waals surface area contributed by atoms with Crippen LogP contribution in [0.15, 0.2) is 47.4 Å². The molecule has 0 radical (unpaired) electrons. The molecule has 2 atom stereocenters. The zero-order valence-corrected chi connectivity index (χ0v) is 22.5. The van der Waals surface area contributed by atoms with Crippen LogP contribution in [0, 0.1) is 0 Å². The van der Waals surface area contributed by atoms with Crippen LogP contribution in [-0.2, 0) is 31.6 Å². The van der Waals surface area contributed by atoms with Crippen LogP contribution in [0.5, 0.6) is 5.75 Å². The number of hydrogen-bond acceptors (Lipinski definition) is 8. The summed E-state index contributed by atoms with van der Waals surface area (Å²) in [6.45, 7) is 5.05. The fourth-order valence-electron chi connectivity index (χ4n) is 5.86. The van der Waals surface area contributed by atoms with Crippen LogP contribution in [0.25, 0.3) is 16.9 Å². The predicted octanol–water partition coefficient (Wildman–Crippen LogP) is 2.28. The number of ether oxygens (including phenoxy) is 3. The van der Waals surface area contributed by atoms with Gasteiger partial charge in [-0.25, -0.2) is 13.1 Å². The van der Waals surface area contributed by atoms with E-state index in [4.69, 9.17) is 19.3 Å². The Hall–Kier alpha value is -3.25. The zero-order valence-electron chi connectivity index (χ0n) is 21.7. The first-order valence-corrected chi connectivity index (χ1v) is 14.9. The second kappa shape index (κ2) is 9.44. The third-order valence-electron chi connectivity index (χ3n) is 8.02. The Balaban J connectivity index is 1.32. The van der Waals surface area contributed by atoms with Crippen molar-refractivity contribution in [2.75, 3.05) is 46.6 Å². The van der Waals surface area contributed by atoms with Gasteiger partial charge in [-0.1, -0.05) is 12.1 Å². The molecule has 1 aliphatic carbocycles. The van der Waals surface area contributed by atoms with E-state index in [1.807, 2.05) is 12.1 Å². The molecule has 1 amide bonds. The number of nitrogens with zero attached hydrogens (tertiary/aromatic N) is 4. The third-order valence-corrected chi connectivity index (χ3v) is 9.69. The van der Waals surface area contributed by atoms with Gasteiger partial charge in [0.2, 0.25) is 0 Å². The van der Waals surface area contributed by atoms with E-state index in [9.17, 15) is 13.2 Å². The maximum Gasteiger partial charge on any atom is 0.275 e. The fourth-order valence-corrected chi connectivity index (χ4v) is 7.46. The molecule has 7 rings (SSSR count). The summed E-state index contributed by atoms with van der Waals surface area (Å²) in [5.74, 6) is -0.0717. The van der Waals surface area contributed by atoms with E-state index in [-0.39, 0.29) is 34.4 Å². The summed E-state index contributed by atoms with van der Waals surface area (Å²) in [6, 6.07) is 13.2. The molecule has 39 heavy (non-hydrogen) atoms. The predicted molar refractivity (Wildman–Crippen MR) is 142 cm³/mol. The van der Waals surface area contributed by atoms with Crippen molar-refractivity contribution in [2.45, 2.75) is 35.8 Å². The van der Waals surface area contributed by atoms with E-state index in [0.29, 0.717) is 35.7 Å². The SMILES string of the molecule is COc1ccc2c(c1)S(=O)(=O)Cc1c(C(=O)N3CCO[C@@H]4C[C@@H]43)nn(-c3ccc(CN4CCOCC4)cc3)c1-2. The number of aromatic nitrogens is 2. The first-order valence-electron chi connectivity index (χ1n) is 13.3. The van der Waals surface area contributed by atoms with Crippen LogP contribution < -0.4 is 4.74 Å². The fraction of sp³-hybridized carbons (Fsp3) is 0.429. The molecule has 0 spiro atoms. The molecule has 3 fully saturated rings. The summed E-state index contributed by atoms with van der Waals surface area (Å²) >= 11 is 0. The average molecular weight is 551 g/mol. The van der Waals surface area contributed by atoms with Crippen LogP contribution in [-0.4, -0.2) is 92.6 Å². The van der Waals surface area contributed by atoms with Crippen LogP contribution in [0.2, 0.25) is 0 Å². The molecule has 3 aromatic rings. The quantitative estimate of drug-likeness (QED) is 0.477. The number of benzene rings is 2. The van der Waals surface area contributed by atoms with Gasteiger partial charge in [0.1, 0.15) is 5.75 Å². The second-order valence-corrected chi connectivity index (χ2v) is 12.4. The highest BCUT2D eigenvalue weighted by molar-refractivity contribution is 7.91. The zero-order chi connectivity index (χ0) is 26.7. The van der Waals surface area contributed by atoms with Crippen molar-refractivity contribution < 1.29 is 27.4 Å². The highest BCUT2D eigenvalue weighted by Gasteiger charge is 2.49. The summed E-state index contributed by atoms with van der Waals surface area (Å²) in [5.41, 5.74) is 3.72. The molecule has 0 N–H and O–H groups in total. The number of carbonyl (C=O) groups excluding carboxylic acids is 1. The van der Waals surface area contributed by atoms with E-state index in [1.54, 1.807) is 27.8 Å². The van der Waals surface area contributed by atoms with Crippen molar-refractivity contribution in [2.24, 2.45) is 0 Å². The van der Waals surface area contributed by atoms with Gasteiger partial charge < -0.3 is 19.1 Å². The first kappa shape index (κ1) is 24.8. The summed E-state index contributed by atoms with van der Waals surface area (Å²) in [7, 11) is -2.20. The number of rotatable bonds is 5. The Bertz CT molecular complexity index is 1540. The van der Waals surface area contributed by atoms with E-state index in [1.165, 1.54) is 12.7 Å². The van der Waals surface area contributed by atoms with Crippen molar-refractivity contribution in [1.82, 2.24) is 19.6 Å². The number of hydrogen-bond donors (Lipinski definition) is 0. The van der Waals surface area contributed by atoms with Gasteiger partial charge in [0.05, 0.1) is 61.1 Å². The molecule has 11 heteroatoms. The number of sulfone groups is 1. The monoisotopic (exact) mass is 550 g/mol. The number of amides is 1. The molecule has 204 valence electrons. The van der Waals surface area contributed by atoms with Crippen LogP contribution in [0.1, 0.15) is 28.0 Å². The Morgan fingerprint density at radius 1 is 1.08 bits per heavy atom. The van der Waals surface area contributed by atoms with Gasteiger partial charge in [0.15, 0.2) is 15.5 Å². The maximum atomic E-state index is 13.8. The molecule has 10 nitrogen and oxygen atoms in total. The summed E-state index contributed by atoms with van der Waals surface area (Å²) in [4.78, 5) is 18.2. The minimum atomic E-state index is -3.71. The topological polar surface area (TPSA) is 103 Å². The molecule has 0 unspecified atom stereocenters. The number of morpholine rings is 2. The van der Waals surface area contributed by atoms with Crippen LogP contribution >= 0.6 is 0 Å². The van der Waals surface area contributed by atoms with Crippen molar-refractivity contribution in [3.63, 3.8) is 0 Å². The summed E-state index contributed by atoms with van der Waals surface area (Å²) in [5, 5.41) is 4.80. The first-order chi connectivity index (χ1) is 18.9. The van der Waals surface area contributed by atoms with Gasteiger partial charge in [-0.05, 0) is 42.3 Å². The third kappa shape index (κ3) is 4.33. The number of fused-ring (bicyclic) bond motifs is 4. The van der Waals surface area contributed by atoms with Gasteiger partial charge in [0.25, 0.3) is 5.91 Å². The molecule has 2 saturated heterocycles. The van der Waals surface area contributed by atoms with Crippen molar-refractivity contribution in [3.8, 4) is 22.7 Å². The Kier molecular flexibility index (Phi) is 6.00. The van der Waals surface area contributed by atoms with Crippen molar-refractivity contribution in [1.29, 1.82) is 0 Å². The van der Waals surface area contributed by atoms with E-state index in [0.717, 1.165) is 45.0 Å². The molecular formula is C28H30N4O6S. The van der Waals surface area contributed by atoms with E-state index in [2.05, 4.69) is 17.0 Å². The van der Waals surface area contributed by atoms with Crippen molar-refractivity contribution >= 4 is 15.7 Å². The Morgan fingerprint density at radius 2 is 1.87 bits per heavy atom.